The summed E-state index contributed by atoms with van der Waals surface area (Å²) in [6.45, 7) is -8.62. The first-order chi connectivity index (χ1) is 63.1. The third kappa shape index (κ3) is 45.3. The Morgan fingerprint density at radius 2 is 0.396 bits per heavy atom. The number of alkyl halides is 1. The minimum Gasteiger partial charge on any atom is -0.395 e. The highest BCUT2D eigenvalue weighted by Crippen LogP contribution is 2.44. The van der Waals surface area contributed by atoms with Gasteiger partial charge < -0.3 is 148 Å². The summed E-state index contributed by atoms with van der Waals surface area (Å²) >= 11 is 27.4. The Labute approximate surface area is 938 Å². The van der Waals surface area contributed by atoms with Crippen LogP contribution >= 0.6 is 283 Å². The molecule has 0 aliphatic rings. The molecule has 0 radical (unpaired) electrons. The molecule has 8 atom stereocenters. The fourth-order valence-electron chi connectivity index (χ4n) is 10.8. The molecule has 54 heteroatoms. The molecule has 0 heterocycles. The van der Waals surface area contributed by atoms with E-state index in [2.05, 4.69) is 10.6 Å². The van der Waals surface area contributed by atoms with Gasteiger partial charge in [-0.1, -0.05) is 0 Å². The average molecular weight is 3280 g/mol. The summed E-state index contributed by atoms with van der Waals surface area (Å²) in [6.07, 6.45) is -9.34. The van der Waals surface area contributed by atoms with Gasteiger partial charge in [0, 0.05) is 158 Å². The van der Waals surface area contributed by atoms with Gasteiger partial charge in [0.2, 0.25) is 11.8 Å². The van der Waals surface area contributed by atoms with Crippen molar-refractivity contribution in [2.75, 3.05) is 152 Å². The van der Waals surface area contributed by atoms with Crippen molar-refractivity contribution < 1.29 is 185 Å². The van der Waals surface area contributed by atoms with E-state index in [0.717, 1.165) is 9.80 Å². The van der Waals surface area contributed by atoms with Crippen molar-refractivity contribution in [3.63, 3.8) is 0 Å². The van der Waals surface area contributed by atoms with E-state index in [4.69, 9.17) is 78.0 Å². The van der Waals surface area contributed by atoms with Crippen molar-refractivity contribution in [2.24, 2.45) is 0 Å². The lowest BCUT2D eigenvalue weighted by molar-refractivity contribution is -0.122. The summed E-state index contributed by atoms with van der Waals surface area (Å²) in [5, 5.41) is 233. The van der Waals surface area contributed by atoms with Gasteiger partial charge in [-0.15, -0.1) is 11.6 Å². The van der Waals surface area contributed by atoms with Gasteiger partial charge in [0.05, 0.1) is 157 Å². The minimum absolute atomic E-state index is 0.00922. The average Bonchev–Trinajstić information content (AvgIpc) is 0.766. The molecule has 27 N–H and O–H groups in total. The van der Waals surface area contributed by atoms with Crippen molar-refractivity contribution in [1.82, 2.24) is 0 Å². The Balaban J connectivity index is 0. The van der Waals surface area contributed by atoms with Crippen LogP contribution in [0.1, 0.15) is 186 Å². The third-order valence-corrected chi connectivity index (χ3v) is 30.8. The molecule has 4 aromatic carbocycles. The van der Waals surface area contributed by atoms with Crippen LogP contribution in [0.4, 0.5) is 22.7 Å². The molecule has 0 spiro atoms. The predicted octanol–water partition coefficient (Wildman–Crippen LogP) is 2.22. The van der Waals surface area contributed by atoms with E-state index in [1.165, 1.54) is 0 Å². The molecule has 0 aromatic heterocycles. The number of carbonyl (C=O) groups excluding carboxylic acids is 12. The molecule has 0 aliphatic carbocycles. The Hall–Kier alpha value is 0.170. The molecule has 8 unspecified atom stereocenters. The van der Waals surface area contributed by atoms with Gasteiger partial charge in [-0.2, -0.15) is 0 Å². The first kappa shape index (κ1) is 136. The fraction of sp³-hybridized carbons (Fsp3) is 0.550. The number of anilines is 4. The lowest BCUT2D eigenvalue weighted by Crippen LogP contribution is -2.37. The van der Waals surface area contributed by atoms with Crippen molar-refractivity contribution in [3.8, 4) is 0 Å². The standard InChI is InChI=1S/2C20H26I3NO9.2C18H22I3NO8.C2H5ClO.C2H6O2/c2*21-17-15(12(31)3-1-10(29)7-26)18(22)20(24(5-6-25)14(33)9-28)19(23)16(17)13(32)4-2-11(30)8-27;2*19-15-13(10(28)3-1-8(26)5-23)16(20)18(22-12(30)7-25)17(21)14(15)11(29)4-2-9(27)6-24;2*3-1-2-4/h2*10-11,25-30H,1-9H2;2*8-9,23-27H,1-7H2,(H,22,30);4H,1-2H2;3-4H,1-2H2. The van der Waals surface area contributed by atoms with E-state index in [-0.39, 0.29) is 226 Å². The van der Waals surface area contributed by atoms with Crippen molar-refractivity contribution in [1.29, 1.82) is 0 Å². The highest BCUT2D eigenvalue weighted by Gasteiger charge is 2.37. The van der Waals surface area contributed by atoms with Crippen molar-refractivity contribution in [2.45, 2.75) is 152 Å². The zero-order valence-corrected chi connectivity index (χ0v) is 97.6. The highest BCUT2D eigenvalue weighted by molar-refractivity contribution is 14.1. The van der Waals surface area contributed by atoms with Crippen LogP contribution in [0.25, 0.3) is 0 Å². The second kappa shape index (κ2) is 75.0. The number of aliphatic hydroxyl groups is 25. The normalized spacial score (nSPS) is 12.7. The molecule has 4 amide bonds. The van der Waals surface area contributed by atoms with E-state index in [1.807, 2.05) is 271 Å². The summed E-state index contributed by atoms with van der Waals surface area (Å²) in [6, 6.07) is 0. The van der Waals surface area contributed by atoms with Gasteiger partial charge >= 0.3 is 0 Å². The number of rotatable bonds is 54. The van der Waals surface area contributed by atoms with Gasteiger partial charge in [0.15, 0.2) is 46.3 Å². The smallest absolute Gasteiger partial charge is 0.252 e. The molecule has 4 aromatic rings. The van der Waals surface area contributed by atoms with E-state index >= 15 is 0 Å². The van der Waals surface area contributed by atoms with Crippen molar-refractivity contribution >= 4 is 375 Å². The highest BCUT2D eigenvalue weighted by atomic mass is 127. The fourth-order valence-corrected chi connectivity index (χ4v) is 30.0. The number of hydrogen-bond donors (Lipinski definition) is 27. The maximum Gasteiger partial charge on any atom is 0.252 e. The number of nitrogens with zero attached hydrogens (tertiary/aromatic N) is 2. The molecule has 0 saturated heterocycles. The van der Waals surface area contributed by atoms with Gasteiger partial charge in [0.25, 0.3) is 11.8 Å². The monoisotopic (exact) mass is 3270 g/mol. The summed E-state index contributed by atoms with van der Waals surface area (Å²) in [4.78, 5) is 154. The van der Waals surface area contributed by atoms with Crippen LogP contribution in [0.5, 0.6) is 0 Å². The molecule has 760 valence electrons. The number of halogens is 13. The molecule has 0 fully saturated rings. The quantitative estimate of drug-likeness (QED) is 0.0171. The molecule has 0 bridgehead atoms. The Kier molecular flexibility index (Phi) is 76.2. The maximum absolute atomic E-state index is 13.1. The zero-order valence-electron chi connectivity index (χ0n) is 71.0. The SMILES string of the molecule is O=C(CCC(O)CO)c1c(I)c(C(=O)CCC(O)CO)c(I)c(N(CCO)C(=O)CO)c1I.O=C(CCC(O)CO)c1c(I)c(C(=O)CCC(O)CO)c(I)c(N(CCO)C(=O)CO)c1I.O=C(CO)Nc1c(I)c(C(=O)CCC(O)CO)c(I)c(C(=O)CCC(O)CO)c1I.O=C(CO)Nc1c(I)c(C(=O)CCC(O)CO)c(I)c(C(=O)CCC(O)CO)c1I.OCCCl.OCCO. The van der Waals surface area contributed by atoms with Gasteiger partial charge in [-0.25, -0.2) is 0 Å². The van der Waals surface area contributed by atoms with Gasteiger partial charge in [-0.3, -0.25) is 57.5 Å². The molecular formula is C80H107ClI12N4O37. The maximum atomic E-state index is 13.1. The molecule has 134 heavy (non-hydrogen) atoms. The molecule has 41 nitrogen and oxygen atoms in total. The van der Waals surface area contributed by atoms with E-state index in [0.29, 0.717) is 48.7 Å². The van der Waals surface area contributed by atoms with Crippen LogP contribution in [0.15, 0.2) is 0 Å². The predicted molar refractivity (Wildman–Crippen MR) is 588 cm³/mol. The Bertz CT molecular complexity index is 4020. The van der Waals surface area contributed by atoms with E-state index in [9.17, 15) is 119 Å². The van der Waals surface area contributed by atoms with Crippen LogP contribution in [-0.4, -0.2) is 378 Å². The summed E-state index contributed by atoms with van der Waals surface area (Å²) < 4.78 is 4.31. The topological polar surface area (TPSA) is 741 Å². The van der Waals surface area contributed by atoms with Crippen LogP contribution in [0.3, 0.4) is 0 Å². The minimum atomic E-state index is -1.09. The lowest BCUT2D eigenvalue weighted by atomic mass is 9.97. The summed E-state index contributed by atoms with van der Waals surface area (Å²) in [5.41, 5.74) is 2.20. The second-order valence-electron chi connectivity index (χ2n) is 27.7. The Morgan fingerprint density at radius 1 is 0.239 bits per heavy atom. The first-order valence-electron chi connectivity index (χ1n) is 39.7. The van der Waals surface area contributed by atoms with E-state index < -0.39 is 188 Å². The number of amides is 4. The number of carbonyl (C=O) groups is 12. The number of ketones is 8. The molecular weight excluding hydrogens is 3170 g/mol. The first-order valence-corrected chi connectivity index (χ1v) is 53.2. The van der Waals surface area contributed by atoms with Gasteiger partial charge in [0.1, 0.15) is 26.4 Å². The van der Waals surface area contributed by atoms with Crippen LogP contribution < -0.4 is 20.4 Å². The van der Waals surface area contributed by atoms with Gasteiger partial charge in [-0.05, 0) is 322 Å². The van der Waals surface area contributed by atoms with Crippen molar-refractivity contribution in [3.05, 3.63) is 87.3 Å². The second-order valence-corrected chi connectivity index (χ2v) is 41.1. The molecule has 4 rings (SSSR count). The third-order valence-electron chi connectivity index (χ3n) is 17.8. The van der Waals surface area contributed by atoms with Crippen LogP contribution in [0.2, 0.25) is 0 Å². The number of aliphatic hydroxyl groups excluding tert-OH is 25. The largest absolute Gasteiger partial charge is 0.395 e. The number of nitrogens with one attached hydrogen (secondary N) is 2. The number of hydrogen-bond acceptors (Lipinski definition) is 37. The Morgan fingerprint density at radius 3 is 0.515 bits per heavy atom. The molecule has 0 saturated carbocycles. The van der Waals surface area contributed by atoms with Crippen LogP contribution in [-0.2, 0) is 19.2 Å². The number of benzene rings is 4. The van der Waals surface area contributed by atoms with Crippen LogP contribution in [0, 0.1) is 42.8 Å². The lowest BCUT2D eigenvalue weighted by Gasteiger charge is -2.27. The zero-order chi connectivity index (χ0) is 103. The summed E-state index contributed by atoms with van der Waals surface area (Å²) in [7, 11) is 0. The summed E-state index contributed by atoms with van der Waals surface area (Å²) in [5.74, 6) is -5.73. The molecule has 0 aliphatic heterocycles. The van der Waals surface area contributed by atoms with E-state index in [1.54, 1.807) is 0 Å². The number of Topliss-reactive ketones (excluding diaryl/α,β-unsaturated/α-hetero) is 8.